The quantitative estimate of drug-likeness (QED) is 0.899. The van der Waals surface area contributed by atoms with Crippen LogP contribution in [0.25, 0.3) is 0 Å². The fourth-order valence-electron chi connectivity index (χ4n) is 1.48. The maximum Gasteiger partial charge on any atom is 0.255 e. The fourth-order valence-corrected chi connectivity index (χ4v) is 2.20. The molecule has 0 radical (unpaired) electrons. The van der Waals surface area contributed by atoms with E-state index in [1.54, 1.807) is 30.3 Å². The summed E-state index contributed by atoms with van der Waals surface area (Å²) in [5.41, 5.74) is 0.0818. The molecule has 5 nitrogen and oxygen atoms in total. The topological polar surface area (TPSA) is 59.8 Å². The molecular weight excluding hydrogens is 236 g/mol. The molecule has 0 fully saturated rings. The summed E-state index contributed by atoms with van der Waals surface area (Å²) in [7, 11) is 1.78. The lowest BCUT2D eigenvalue weighted by Crippen LogP contribution is -2.40. The number of rotatable bonds is 3. The number of thiazole rings is 1. The standard InChI is InChI=1S/C11H14N4OS/c1-11(2,10-12-4-5-17-10)14-9(16)8-6-13-15(3)7-8/h4-7H,1-3H3,(H,14,16). The summed E-state index contributed by atoms with van der Waals surface area (Å²) in [5, 5.41) is 9.70. The van der Waals surface area contributed by atoms with Gasteiger partial charge in [-0.05, 0) is 13.8 Å². The van der Waals surface area contributed by atoms with E-state index in [0.717, 1.165) is 5.01 Å². The number of hydrogen-bond acceptors (Lipinski definition) is 4. The highest BCUT2D eigenvalue weighted by Gasteiger charge is 2.26. The van der Waals surface area contributed by atoms with E-state index in [1.807, 2.05) is 19.2 Å². The fraction of sp³-hybridized carbons (Fsp3) is 0.364. The Kier molecular flexibility index (Phi) is 2.97. The largest absolute Gasteiger partial charge is 0.341 e. The molecule has 2 heterocycles. The number of carbonyl (C=O) groups excluding carboxylic acids is 1. The van der Waals surface area contributed by atoms with Gasteiger partial charge >= 0.3 is 0 Å². The maximum absolute atomic E-state index is 12.0. The molecule has 1 amide bonds. The zero-order valence-corrected chi connectivity index (χ0v) is 10.8. The Morgan fingerprint density at radius 2 is 2.29 bits per heavy atom. The number of nitrogens with one attached hydrogen (secondary N) is 1. The van der Waals surface area contributed by atoms with Crippen LogP contribution in [-0.4, -0.2) is 20.7 Å². The highest BCUT2D eigenvalue weighted by atomic mass is 32.1. The van der Waals surface area contributed by atoms with E-state index in [1.165, 1.54) is 11.3 Å². The minimum atomic E-state index is -0.471. The number of hydrogen-bond donors (Lipinski definition) is 1. The summed E-state index contributed by atoms with van der Waals surface area (Å²) in [6.07, 6.45) is 4.97. The van der Waals surface area contributed by atoms with Crippen molar-refractivity contribution in [3.05, 3.63) is 34.5 Å². The van der Waals surface area contributed by atoms with Crippen LogP contribution in [0.3, 0.4) is 0 Å². The van der Waals surface area contributed by atoms with Gasteiger partial charge in [0.25, 0.3) is 5.91 Å². The first-order valence-electron chi connectivity index (χ1n) is 5.20. The van der Waals surface area contributed by atoms with Gasteiger partial charge < -0.3 is 5.32 Å². The van der Waals surface area contributed by atoms with Crippen LogP contribution in [0.15, 0.2) is 24.0 Å². The van der Waals surface area contributed by atoms with Crippen LogP contribution in [0.1, 0.15) is 29.2 Å². The van der Waals surface area contributed by atoms with Crippen molar-refractivity contribution >= 4 is 17.2 Å². The lowest BCUT2D eigenvalue weighted by atomic mass is 10.1. The minimum absolute atomic E-state index is 0.140. The van der Waals surface area contributed by atoms with Crippen LogP contribution < -0.4 is 5.32 Å². The second kappa shape index (κ2) is 4.29. The Morgan fingerprint density at radius 1 is 1.53 bits per heavy atom. The molecule has 2 aromatic heterocycles. The second-order valence-corrected chi connectivity index (χ2v) is 5.21. The van der Waals surface area contributed by atoms with Crippen molar-refractivity contribution in [1.29, 1.82) is 0 Å². The van der Waals surface area contributed by atoms with E-state index in [9.17, 15) is 4.79 Å². The van der Waals surface area contributed by atoms with Crippen LogP contribution in [0.2, 0.25) is 0 Å². The lowest BCUT2D eigenvalue weighted by Gasteiger charge is -2.23. The number of aromatic nitrogens is 3. The normalized spacial score (nSPS) is 11.5. The van der Waals surface area contributed by atoms with Crippen molar-refractivity contribution < 1.29 is 4.79 Å². The van der Waals surface area contributed by atoms with Gasteiger partial charge in [-0.1, -0.05) is 0 Å². The molecule has 0 spiro atoms. The molecule has 0 bridgehead atoms. The molecule has 0 unspecified atom stereocenters. The Labute approximate surface area is 103 Å². The highest BCUT2D eigenvalue weighted by molar-refractivity contribution is 7.09. The average molecular weight is 250 g/mol. The van der Waals surface area contributed by atoms with Crippen molar-refractivity contribution in [2.24, 2.45) is 7.05 Å². The van der Waals surface area contributed by atoms with Gasteiger partial charge in [0.05, 0.1) is 17.3 Å². The van der Waals surface area contributed by atoms with Crippen LogP contribution in [0.4, 0.5) is 0 Å². The van der Waals surface area contributed by atoms with Gasteiger partial charge in [0.15, 0.2) is 0 Å². The molecule has 90 valence electrons. The van der Waals surface area contributed by atoms with E-state index in [-0.39, 0.29) is 5.91 Å². The Balaban J connectivity index is 2.13. The van der Waals surface area contributed by atoms with Gasteiger partial charge in [-0.25, -0.2) is 4.98 Å². The molecule has 2 aromatic rings. The van der Waals surface area contributed by atoms with Gasteiger partial charge in [0, 0.05) is 24.8 Å². The van der Waals surface area contributed by atoms with Crippen molar-refractivity contribution in [2.75, 3.05) is 0 Å². The van der Waals surface area contributed by atoms with Gasteiger partial charge in [0.1, 0.15) is 5.01 Å². The first-order valence-corrected chi connectivity index (χ1v) is 6.08. The zero-order valence-electron chi connectivity index (χ0n) is 9.97. The van der Waals surface area contributed by atoms with Crippen molar-refractivity contribution in [2.45, 2.75) is 19.4 Å². The molecule has 2 rings (SSSR count). The third-order valence-electron chi connectivity index (χ3n) is 2.36. The van der Waals surface area contributed by atoms with Crippen molar-refractivity contribution in [3.63, 3.8) is 0 Å². The monoisotopic (exact) mass is 250 g/mol. The Morgan fingerprint density at radius 3 is 2.82 bits per heavy atom. The van der Waals surface area contributed by atoms with E-state index in [0.29, 0.717) is 5.56 Å². The second-order valence-electron chi connectivity index (χ2n) is 4.32. The zero-order chi connectivity index (χ0) is 12.5. The average Bonchev–Trinajstić information content (AvgIpc) is 2.86. The summed E-state index contributed by atoms with van der Waals surface area (Å²) in [5.74, 6) is -0.140. The predicted octanol–water partition coefficient (Wildman–Crippen LogP) is 1.54. The van der Waals surface area contributed by atoms with Gasteiger partial charge in [-0.15, -0.1) is 11.3 Å². The molecule has 0 aliphatic rings. The van der Waals surface area contributed by atoms with Crippen LogP contribution in [0, 0.1) is 0 Å². The predicted molar refractivity (Wildman–Crippen MR) is 65.8 cm³/mol. The SMILES string of the molecule is Cn1cc(C(=O)NC(C)(C)c2nccs2)cn1. The van der Waals surface area contributed by atoms with Crippen molar-refractivity contribution in [3.8, 4) is 0 Å². The van der Waals surface area contributed by atoms with E-state index >= 15 is 0 Å². The van der Waals surface area contributed by atoms with E-state index in [2.05, 4.69) is 15.4 Å². The molecule has 0 aromatic carbocycles. The minimum Gasteiger partial charge on any atom is -0.341 e. The molecule has 6 heteroatoms. The third kappa shape index (κ3) is 2.52. The Bertz CT molecular complexity index is 515. The van der Waals surface area contributed by atoms with E-state index in [4.69, 9.17) is 0 Å². The molecule has 0 atom stereocenters. The summed E-state index contributed by atoms with van der Waals surface area (Å²) in [6.45, 7) is 3.86. The first-order chi connectivity index (χ1) is 7.99. The van der Waals surface area contributed by atoms with Crippen molar-refractivity contribution in [1.82, 2.24) is 20.1 Å². The number of carbonyl (C=O) groups is 1. The van der Waals surface area contributed by atoms with Gasteiger partial charge in [0.2, 0.25) is 0 Å². The third-order valence-corrected chi connectivity index (χ3v) is 3.46. The van der Waals surface area contributed by atoms with Crippen LogP contribution >= 0.6 is 11.3 Å². The maximum atomic E-state index is 12.0. The van der Waals surface area contributed by atoms with Crippen LogP contribution in [-0.2, 0) is 12.6 Å². The molecule has 0 aliphatic carbocycles. The summed E-state index contributed by atoms with van der Waals surface area (Å²) in [6, 6.07) is 0. The lowest BCUT2D eigenvalue weighted by molar-refractivity contribution is 0.0912. The molecule has 17 heavy (non-hydrogen) atoms. The molecular formula is C11H14N4OS. The van der Waals surface area contributed by atoms with E-state index < -0.39 is 5.54 Å². The number of amides is 1. The molecule has 0 saturated carbocycles. The van der Waals surface area contributed by atoms with Gasteiger partial charge in [-0.2, -0.15) is 5.10 Å². The molecule has 0 saturated heterocycles. The summed E-state index contributed by atoms with van der Waals surface area (Å²) < 4.78 is 1.60. The molecule has 0 aliphatic heterocycles. The first kappa shape index (κ1) is 11.8. The number of aryl methyl sites for hydroxylation is 1. The highest BCUT2D eigenvalue weighted by Crippen LogP contribution is 2.22. The molecule has 1 N–H and O–H groups in total. The van der Waals surface area contributed by atoms with Crippen LogP contribution in [0.5, 0.6) is 0 Å². The number of nitrogens with zero attached hydrogens (tertiary/aromatic N) is 3. The van der Waals surface area contributed by atoms with Gasteiger partial charge in [-0.3, -0.25) is 9.48 Å². The summed E-state index contributed by atoms with van der Waals surface area (Å²) in [4.78, 5) is 16.2. The summed E-state index contributed by atoms with van der Waals surface area (Å²) >= 11 is 1.53. The Hall–Kier alpha value is -1.69. The smallest absolute Gasteiger partial charge is 0.255 e.